The van der Waals surface area contributed by atoms with Crippen molar-refractivity contribution in [3.8, 4) is 0 Å². The Balaban J connectivity index is 3.23. The van der Waals surface area contributed by atoms with Gasteiger partial charge < -0.3 is 31.1 Å². The third kappa shape index (κ3) is 10.6. The van der Waals surface area contributed by atoms with E-state index >= 15 is 0 Å². The molecule has 0 saturated carbocycles. The first-order chi connectivity index (χ1) is 20.2. The average molecular weight is 621 g/mol. The standard InChI is InChI=1S/C32H56N6O6/c1-13-15-21(23(39)27(41)33-16-14-2)34-26(40)22-17-20(5)18-38(22)29(43)25(32(9,10)11)36-30(44)35-24(31(6,7)8)28(42)37(12)19(3)4/h14,19-22,24-25H,2,13,15-18H2,1,3-12H3,(H,33,41)(H,34,40)(H2,35,36,44)/t20-,21?,22+,24-,25-/m1/s1. The molecular weight excluding hydrogens is 564 g/mol. The molecule has 0 aromatic heterocycles. The number of Topliss-reactive ketones (excluding diaryl/α,β-unsaturated/α-hetero) is 1. The van der Waals surface area contributed by atoms with Crippen LogP contribution in [0.1, 0.15) is 88.5 Å². The Morgan fingerprint density at radius 2 is 1.50 bits per heavy atom. The van der Waals surface area contributed by atoms with Crippen molar-refractivity contribution < 1.29 is 28.8 Å². The van der Waals surface area contributed by atoms with Crippen LogP contribution >= 0.6 is 0 Å². The van der Waals surface area contributed by atoms with Crippen LogP contribution in [-0.2, 0) is 24.0 Å². The number of hydrogen-bond acceptors (Lipinski definition) is 6. The summed E-state index contributed by atoms with van der Waals surface area (Å²) in [6.45, 7) is 22.4. The zero-order chi connectivity index (χ0) is 34.2. The lowest BCUT2D eigenvalue weighted by atomic mass is 9.85. The van der Waals surface area contributed by atoms with Gasteiger partial charge in [0, 0.05) is 26.2 Å². The maximum absolute atomic E-state index is 14.1. The molecule has 12 nitrogen and oxygen atoms in total. The molecule has 4 N–H and O–H groups in total. The van der Waals surface area contributed by atoms with Gasteiger partial charge in [0.1, 0.15) is 18.1 Å². The van der Waals surface area contributed by atoms with Gasteiger partial charge in [0.05, 0.1) is 6.04 Å². The first kappa shape index (κ1) is 38.6. The molecule has 1 heterocycles. The summed E-state index contributed by atoms with van der Waals surface area (Å²) in [4.78, 5) is 82.3. The molecule has 0 spiro atoms. The van der Waals surface area contributed by atoms with Crippen LogP contribution < -0.4 is 21.3 Å². The quantitative estimate of drug-likeness (QED) is 0.183. The number of carbonyl (C=O) groups excluding carboxylic acids is 6. The van der Waals surface area contributed by atoms with Gasteiger partial charge in [0.15, 0.2) is 0 Å². The Hall–Kier alpha value is -3.44. The van der Waals surface area contributed by atoms with E-state index in [0.29, 0.717) is 12.8 Å². The van der Waals surface area contributed by atoms with Crippen LogP contribution in [0.4, 0.5) is 4.79 Å². The predicted molar refractivity (Wildman–Crippen MR) is 170 cm³/mol. The van der Waals surface area contributed by atoms with E-state index in [9.17, 15) is 28.8 Å². The van der Waals surface area contributed by atoms with Crippen molar-refractivity contribution in [3.63, 3.8) is 0 Å². The molecule has 0 radical (unpaired) electrons. The molecule has 0 aromatic carbocycles. The van der Waals surface area contributed by atoms with Crippen molar-refractivity contribution in [3.05, 3.63) is 12.7 Å². The summed E-state index contributed by atoms with van der Waals surface area (Å²) in [7, 11) is 1.68. The van der Waals surface area contributed by atoms with E-state index in [-0.39, 0.29) is 37.4 Å². The molecule has 6 amide bonds. The molecular formula is C32H56N6O6. The van der Waals surface area contributed by atoms with Crippen LogP contribution in [0.5, 0.6) is 0 Å². The Kier molecular flexibility index (Phi) is 14.1. The van der Waals surface area contributed by atoms with Crippen molar-refractivity contribution in [2.45, 2.75) is 119 Å². The number of amides is 6. The minimum Gasteiger partial charge on any atom is -0.346 e. The maximum Gasteiger partial charge on any atom is 0.316 e. The first-order valence-corrected chi connectivity index (χ1v) is 15.5. The molecule has 250 valence electrons. The fourth-order valence-corrected chi connectivity index (χ4v) is 5.00. The lowest BCUT2D eigenvalue weighted by Crippen LogP contribution is -2.62. The second-order valence-corrected chi connectivity index (χ2v) is 14.3. The van der Waals surface area contributed by atoms with Crippen LogP contribution in [0, 0.1) is 16.7 Å². The molecule has 0 bridgehead atoms. The summed E-state index contributed by atoms with van der Waals surface area (Å²) in [5.74, 6) is -2.82. The fraction of sp³-hybridized carbons (Fsp3) is 0.750. The highest BCUT2D eigenvalue weighted by Gasteiger charge is 2.45. The van der Waals surface area contributed by atoms with Crippen molar-refractivity contribution in [2.75, 3.05) is 20.1 Å². The second-order valence-electron chi connectivity index (χ2n) is 14.3. The molecule has 1 rings (SSSR count). The maximum atomic E-state index is 14.1. The van der Waals surface area contributed by atoms with Crippen LogP contribution in [0.3, 0.4) is 0 Å². The number of hydrogen-bond donors (Lipinski definition) is 4. The van der Waals surface area contributed by atoms with Gasteiger partial charge in [0.2, 0.25) is 23.5 Å². The van der Waals surface area contributed by atoms with Gasteiger partial charge >= 0.3 is 6.03 Å². The highest BCUT2D eigenvalue weighted by atomic mass is 16.2. The monoisotopic (exact) mass is 620 g/mol. The SMILES string of the molecule is C=CCNC(=O)C(=O)C(CCC)NC(=O)[C@@H]1C[C@@H](C)CN1C(=O)[C@@H](NC(=O)N[C@H](C(=O)N(C)C(C)C)C(C)(C)C)C(C)(C)C. The van der Waals surface area contributed by atoms with Crippen LogP contribution in [0.25, 0.3) is 0 Å². The van der Waals surface area contributed by atoms with Crippen molar-refractivity contribution in [1.29, 1.82) is 0 Å². The Morgan fingerprint density at radius 3 is 1.98 bits per heavy atom. The van der Waals surface area contributed by atoms with Crippen LogP contribution in [0.15, 0.2) is 12.7 Å². The molecule has 0 aliphatic carbocycles. The van der Waals surface area contributed by atoms with Gasteiger partial charge in [-0.15, -0.1) is 6.58 Å². The van der Waals surface area contributed by atoms with Crippen LogP contribution in [-0.4, -0.2) is 95.6 Å². The third-order valence-electron chi connectivity index (χ3n) is 7.84. The predicted octanol–water partition coefficient (Wildman–Crippen LogP) is 2.38. The Bertz CT molecular complexity index is 1080. The number of urea groups is 1. The number of carbonyl (C=O) groups is 6. The van der Waals surface area contributed by atoms with Gasteiger partial charge in [0.25, 0.3) is 5.91 Å². The smallest absolute Gasteiger partial charge is 0.316 e. The van der Waals surface area contributed by atoms with E-state index in [1.54, 1.807) is 32.7 Å². The fourth-order valence-electron chi connectivity index (χ4n) is 5.00. The van der Waals surface area contributed by atoms with E-state index < -0.39 is 64.5 Å². The molecule has 5 atom stereocenters. The van der Waals surface area contributed by atoms with E-state index in [1.807, 2.05) is 48.5 Å². The minimum atomic E-state index is -1.04. The van der Waals surface area contributed by atoms with E-state index in [0.717, 1.165) is 0 Å². The largest absolute Gasteiger partial charge is 0.346 e. The summed E-state index contributed by atoms with van der Waals surface area (Å²) in [6, 6.07) is -4.55. The normalized spacial score (nSPS) is 19.0. The summed E-state index contributed by atoms with van der Waals surface area (Å²) < 4.78 is 0. The lowest BCUT2D eigenvalue weighted by molar-refractivity contribution is -0.143. The van der Waals surface area contributed by atoms with E-state index in [1.165, 1.54) is 11.0 Å². The molecule has 1 fully saturated rings. The highest BCUT2D eigenvalue weighted by Crippen LogP contribution is 2.29. The molecule has 1 saturated heterocycles. The van der Waals surface area contributed by atoms with Gasteiger partial charge in [-0.25, -0.2) is 4.79 Å². The summed E-state index contributed by atoms with van der Waals surface area (Å²) in [6.07, 6.45) is 2.62. The molecule has 1 unspecified atom stereocenters. The zero-order valence-corrected chi connectivity index (χ0v) is 28.6. The highest BCUT2D eigenvalue weighted by molar-refractivity contribution is 6.38. The van der Waals surface area contributed by atoms with E-state index in [2.05, 4.69) is 27.8 Å². The van der Waals surface area contributed by atoms with Crippen molar-refractivity contribution >= 4 is 35.4 Å². The van der Waals surface area contributed by atoms with E-state index in [4.69, 9.17) is 0 Å². The van der Waals surface area contributed by atoms with Crippen molar-refractivity contribution in [2.24, 2.45) is 16.7 Å². The summed E-state index contributed by atoms with van der Waals surface area (Å²) in [5, 5.41) is 10.7. The molecule has 44 heavy (non-hydrogen) atoms. The zero-order valence-electron chi connectivity index (χ0n) is 28.6. The molecule has 0 aromatic rings. The van der Waals surface area contributed by atoms with Gasteiger partial charge in [-0.05, 0) is 43.4 Å². The lowest BCUT2D eigenvalue weighted by Gasteiger charge is -2.38. The minimum absolute atomic E-state index is 0.0187. The topological polar surface area (TPSA) is 157 Å². The number of likely N-dealkylation sites (tertiary alicyclic amines) is 1. The average Bonchev–Trinajstić information content (AvgIpc) is 3.31. The second kappa shape index (κ2) is 16.0. The molecule has 1 aliphatic rings. The third-order valence-corrected chi connectivity index (χ3v) is 7.84. The Morgan fingerprint density at radius 1 is 0.955 bits per heavy atom. The number of nitrogens with one attached hydrogen (secondary N) is 4. The molecule has 12 heteroatoms. The van der Waals surface area contributed by atoms with Gasteiger partial charge in [-0.2, -0.15) is 0 Å². The van der Waals surface area contributed by atoms with Crippen LogP contribution in [0.2, 0.25) is 0 Å². The number of rotatable bonds is 13. The van der Waals surface area contributed by atoms with Gasteiger partial charge in [-0.3, -0.25) is 24.0 Å². The van der Waals surface area contributed by atoms with Gasteiger partial charge in [-0.1, -0.05) is 67.9 Å². The number of nitrogens with zero attached hydrogens (tertiary/aromatic N) is 2. The molecule has 1 aliphatic heterocycles. The first-order valence-electron chi connectivity index (χ1n) is 15.5. The summed E-state index contributed by atoms with van der Waals surface area (Å²) in [5.41, 5.74) is -1.36. The number of likely N-dealkylation sites (N-methyl/N-ethyl adjacent to an activating group) is 1. The Labute approximate surface area is 263 Å². The summed E-state index contributed by atoms with van der Waals surface area (Å²) >= 11 is 0. The number of ketones is 1. The van der Waals surface area contributed by atoms with Crippen molar-refractivity contribution in [1.82, 2.24) is 31.1 Å².